The summed E-state index contributed by atoms with van der Waals surface area (Å²) in [7, 11) is -5.77. The third kappa shape index (κ3) is 2.90. The normalized spacial score (nSPS) is 12.2. The van der Waals surface area contributed by atoms with E-state index in [1.807, 2.05) is 0 Å². The molecule has 94 valence electrons. The molecule has 0 saturated heterocycles. The third-order valence-electron chi connectivity index (χ3n) is 1.70. The summed E-state index contributed by atoms with van der Waals surface area (Å²) in [5, 5.41) is 9.26. The van der Waals surface area contributed by atoms with Crippen LogP contribution in [-0.4, -0.2) is 19.0 Å². The molecule has 8 heteroatoms. The monoisotopic (exact) mass is 268 g/mol. The predicted molar refractivity (Wildman–Crippen MR) is 53.2 cm³/mol. The first kappa shape index (κ1) is 13.4. The first-order valence-corrected chi connectivity index (χ1v) is 5.54. The number of halogens is 3. The predicted octanol–water partition coefficient (Wildman–Crippen LogP) is 2.23. The lowest BCUT2D eigenvalue weighted by Crippen LogP contribution is -2.24. The van der Waals surface area contributed by atoms with Gasteiger partial charge < -0.3 is 9.29 Å². The van der Waals surface area contributed by atoms with E-state index in [2.05, 4.69) is 10.8 Å². The van der Waals surface area contributed by atoms with Crippen molar-refractivity contribution in [1.82, 2.24) is 0 Å². The van der Waals surface area contributed by atoms with E-state index in [1.165, 1.54) is 18.2 Å². The third-order valence-corrected chi connectivity index (χ3v) is 2.69. The molecule has 17 heavy (non-hydrogen) atoms. The SMILES string of the molecule is C=C(OS(=O)(=O)C(F)(F)F)c1ccccc1O. The number of alkyl halides is 3. The van der Waals surface area contributed by atoms with Crippen molar-refractivity contribution in [3.05, 3.63) is 36.4 Å². The Morgan fingerprint density at radius 2 is 1.82 bits per heavy atom. The highest BCUT2D eigenvalue weighted by Gasteiger charge is 2.48. The van der Waals surface area contributed by atoms with Crippen LogP contribution in [0.3, 0.4) is 0 Å². The van der Waals surface area contributed by atoms with E-state index in [0.717, 1.165) is 6.07 Å². The van der Waals surface area contributed by atoms with Crippen molar-refractivity contribution in [2.75, 3.05) is 0 Å². The Labute approximate surface area is 95.1 Å². The molecule has 1 aromatic rings. The lowest BCUT2D eigenvalue weighted by molar-refractivity contribution is -0.0509. The highest BCUT2D eigenvalue weighted by atomic mass is 32.2. The Morgan fingerprint density at radius 3 is 2.29 bits per heavy atom. The summed E-state index contributed by atoms with van der Waals surface area (Å²) in [6, 6.07) is 5.11. The highest BCUT2D eigenvalue weighted by molar-refractivity contribution is 7.87. The number of phenols is 1. The fourth-order valence-corrected chi connectivity index (χ4v) is 1.38. The first-order valence-electron chi connectivity index (χ1n) is 4.13. The van der Waals surface area contributed by atoms with Gasteiger partial charge in [0.2, 0.25) is 0 Å². The Balaban J connectivity index is 3.00. The van der Waals surface area contributed by atoms with Crippen LogP contribution in [0.5, 0.6) is 5.75 Å². The minimum atomic E-state index is -5.77. The lowest BCUT2D eigenvalue weighted by atomic mass is 10.2. The fourth-order valence-electron chi connectivity index (χ4n) is 0.934. The molecule has 0 spiro atoms. The molecule has 0 unspecified atom stereocenters. The number of aromatic hydroxyl groups is 1. The summed E-state index contributed by atoms with van der Waals surface area (Å²) in [4.78, 5) is 0. The summed E-state index contributed by atoms with van der Waals surface area (Å²) in [6.07, 6.45) is 0. The number of hydrogen-bond donors (Lipinski definition) is 1. The number of rotatable bonds is 3. The van der Waals surface area contributed by atoms with Crippen LogP contribution >= 0.6 is 0 Å². The van der Waals surface area contributed by atoms with Crippen molar-refractivity contribution in [3.8, 4) is 5.75 Å². The zero-order chi connectivity index (χ0) is 13.3. The smallest absolute Gasteiger partial charge is 0.507 e. The Hall–Kier alpha value is -1.70. The van der Waals surface area contributed by atoms with E-state index in [4.69, 9.17) is 0 Å². The van der Waals surface area contributed by atoms with Gasteiger partial charge in [-0.2, -0.15) is 21.6 Å². The molecule has 0 heterocycles. The maximum Gasteiger partial charge on any atom is 0.534 e. The average molecular weight is 268 g/mol. The zero-order valence-electron chi connectivity index (χ0n) is 8.23. The van der Waals surface area contributed by atoms with Crippen LogP contribution in [0.2, 0.25) is 0 Å². The summed E-state index contributed by atoms with van der Waals surface area (Å²) in [5.74, 6) is -1.24. The lowest BCUT2D eigenvalue weighted by Gasteiger charge is -2.12. The van der Waals surface area contributed by atoms with Crippen molar-refractivity contribution < 1.29 is 30.9 Å². The number of benzene rings is 1. The van der Waals surface area contributed by atoms with Gasteiger partial charge >= 0.3 is 15.6 Å². The summed E-state index contributed by atoms with van der Waals surface area (Å²) >= 11 is 0. The van der Waals surface area contributed by atoms with Crippen LogP contribution in [0.4, 0.5) is 13.2 Å². The van der Waals surface area contributed by atoms with Gasteiger partial charge in [-0.25, -0.2) is 0 Å². The zero-order valence-corrected chi connectivity index (χ0v) is 9.05. The Kier molecular flexibility index (Phi) is 3.37. The van der Waals surface area contributed by atoms with E-state index in [0.29, 0.717) is 0 Å². The minimum Gasteiger partial charge on any atom is -0.507 e. The number of para-hydroxylation sites is 1. The van der Waals surface area contributed by atoms with E-state index in [-0.39, 0.29) is 5.56 Å². The molecule has 1 rings (SSSR count). The van der Waals surface area contributed by atoms with E-state index in [1.54, 1.807) is 0 Å². The minimum absolute atomic E-state index is 0.236. The maximum atomic E-state index is 12.0. The van der Waals surface area contributed by atoms with Crippen LogP contribution < -0.4 is 0 Å². The molecule has 0 saturated carbocycles. The molecular formula is C9H7F3O4S. The topological polar surface area (TPSA) is 63.6 Å². The Morgan fingerprint density at radius 1 is 1.29 bits per heavy atom. The van der Waals surface area contributed by atoms with Gasteiger partial charge in [-0.15, -0.1) is 0 Å². The van der Waals surface area contributed by atoms with Crippen LogP contribution in [0.1, 0.15) is 5.56 Å². The average Bonchev–Trinajstić information content (AvgIpc) is 2.15. The first-order chi connectivity index (χ1) is 7.65. The fraction of sp³-hybridized carbons (Fsp3) is 0.111. The second kappa shape index (κ2) is 4.28. The van der Waals surface area contributed by atoms with Gasteiger partial charge in [0.1, 0.15) is 11.5 Å². The van der Waals surface area contributed by atoms with Crippen molar-refractivity contribution >= 4 is 15.9 Å². The molecule has 0 aliphatic carbocycles. The van der Waals surface area contributed by atoms with Gasteiger partial charge in [0.05, 0.1) is 5.56 Å². The van der Waals surface area contributed by atoms with Crippen molar-refractivity contribution in [2.24, 2.45) is 0 Å². The Bertz CT molecular complexity index is 533. The van der Waals surface area contributed by atoms with Gasteiger partial charge in [-0.1, -0.05) is 18.7 Å². The molecule has 0 aliphatic rings. The number of hydrogen-bond acceptors (Lipinski definition) is 4. The molecule has 1 N–H and O–H groups in total. The molecule has 0 atom stereocenters. The molecule has 0 amide bonds. The van der Waals surface area contributed by atoms with Crippen LogP contribution in [0, 0.1) is 0 Å². The molecule has 4 nitrogen and oxygen atoms in total. The highest BCUT2D eigenvalue weighted by Crippen LogP contribution is 2.31. The molecule has 0 bridgehead atoms. The molecular weight excluding hydrogens is 261 g/mol. The molecule has 0 radical (unpaired) electrons. The molecule has 0 aromatic heterocycles. The van der Waals surface area contributed by atoms with E-state index in [9.17, 15) is 26.7 Å². The van der Waals surface area contributed by atoms with Crippen LogP contribution in [-0.2, 0) is 14.3 Å². The van der Waals surface area contributed by atoms with E-state index < -0.39 is 27.1 Å². The maximum absolute atomic E-state index is 12.0. The standard InChI is InChI=1S/C9H7F3O4S/c1-6(7-4-2-3-5-8(7)13)16-17(14,15)9(10,11)12/h2-5,13H,1H2. The second-order valence-electron chi connectivity index (χ2n) is 2.92. The summed E-state index contributed by atoms with van der Waals surface area (Å²) in [6.45, 7) is 3.02. The molecule has 0 aliphatic heterocycles. The van der Waals surface area contributed by atoms with Crippen LogP contribution in [0.15, 0.2) is 30.8 Å². The second-order valence-corrected chi connectivity index (χ2v) is 4.46. The molecule has 0 fully saturated rings. The van der Waals surface area contributed by atoms with Gasteiger partial charge in [0.15, 0.2) is 0 Å². The van der Waals surface area contributed by atoms with Gasteiger partial charge in [0, 0.05) is 0 Å². The largest absolute Gasteiger partial charge is 0.534 e. The molecule has 1 aromatic carbocycles. The van der Waals surface area contributed by atoms with Crippen molar-refractivity contribution in [3.63, 3.8) is 0 Å². The van der Waals surface area contributed by atoms with Gasteiger partial charge in [-0.3, -0.25) is 0 Å². The quantitative estimate of drug-likeness (QED) is 0.518. The van der Waals surface area contributed by atoms with E-state index >= 15 is 0 Å². The van der Waals surface area contributed by atoms with Crippen molar-refractivity contribution in [2.45, 2.75) is 5.51 Å². The van der Waals surface area contributed by atoms with Gasteiger partial charge in [-0.05, 0) is 12.1 Å². The summed E-state index contributed by atoms with van der Waals surface area (Å²) < 4.78 is 61.1. The number of phenolic OH excluding ortho intramolecular Hbond substituents is 1. The van der Waals surface area contributed by atoms with Crippen LogP contribution in [0.25, 0.3) is 5.76 Å². The van der Waals surface area contributed by atoms with Crippen molar-refractivity contribution in [1.29, 1.82) is 0 Å². The van der Waals surface area contributed by atoms with Gasteiger partial charge in [0.25, 0.3) is 0 Å². The summed E-state index contributed by atoms with van der Waals surface area (Å²) in [5.41, 5.74) is -5.78.